The molecule has 6 atom stereocenters. The third kappa shape index (κ3) is 2.92. The summed E-state index contributed by atoms with van der Waals surface area (Å²) in [5, 5.41) is 11.1. The Labute approximate surface area is 220 Å². The summed E-state index contributed by atoms with van der Waals surface area (Å²) in [7, 11) is 1.40. The number of aromatic hydroxyl groups is 1. The molecule has 2 saturated heterocycles. The summed E-state index contributed by atoms with van der Waals surface area (Å²) < 4.78 is 5.28. The summed E-state index contributed by atoms with van der Waals surface area (Å²) in [5.74, 6) is -4.94. The molecule has 0 spiro atoms. The molecule has 2 aliphatic carbocycles. The number of imide groups is 2. The van der Waals surface area contributed by atoms with Crippen LogP contribution in [-0.4, -0.2) is 67.4 Å². The maximum Gasteiger partial charge on any atom is 0.254 e. The van der Waals surface area contributed by atoms with Crippen LogP contribution in [0.15, 0.2) is 29.8 Å². The largest absolute Gasteiger partial charge is 0.504 e. The van der Waals surface area contributed by atoms with E-state index in [0.29, 0.717) is 5.57 Å². The molecule has 0 aromatic heterocycles. The zero-order chi connectivity index (χ0) is 25.4. The topological polar surface area (TPSA) is 104 Å². The van der Waals surface area contributed by atoms with Crippen molar-refractivity contribution < 1.29 is 29.0 Å². The van der Waals surface area contributed by atoms with E-state index in [1.165, 1.54) is 12.0 Å². The van der Waals surface area contributed by atoms with Crippen LogP contribution in [0.1, 0.15) is 31.2 Å². The van der Waals surface area contributed by atoms with E-state index < -0.39 is 45.2 Å². The van der Waals surface area contributed by atoms with Crippen molar-refractivity contribution in [3.8, 4) is 11.5 Å². The molecular formula is C24H23BrCl2N2O6. The van der Waals surface area contributed by atoms with Crippen molar-refractivity contribution in [2.75, 3.05) is 19.1 Å². The van der Waals surface area contributed by atoms with Crippen LogP contribution < -0.4 is 4.74 Å². The normalized spacial score (nSPS) is 36.2. The molecule has 6 unspecified atom stereocenters. The van der Waals surface area contributed by atoms with Gasteiger partial charge in [0.1, 0.15) is 0 Å². The Balaban J connectivity index is 1.77. The maximum absolute atomic E-state index is 13.7. The summed E-state index contributed by atoms with van der Waals surface area (Å²) in [5.41, 5.74) is 0.777. The van der Waals surface area contributed by atoms with Gasteiger partial charge in [-0.15, -0.1) is 23.2 Å². The van der Waals surface area contributed by atoms with Gasteiger partial charge in [-0.25, -0.2) is 0 Å². The number of methoxy groups -OCH3 is 1. The number of hydrogen-bond acceptors (Lipinski definition) is 6. The fraction of sp³-hybridized carbons (Fsp3) is 0.500. The van der Waals surface area contributed by atoms with Gasteiger partial charge in [-0.05, 0) is 31.7 Å². The SMILES string of the molecule is CCN1C(=O)C2CC=C3C(CC4(Cl)C(=O)N(CBr)C(=O)C4(Cl)C3c3cccc(OC)c3O)C2C1=O. The van der Waals surface area contributed by atoms with E-state index in [1.807, 2.05) is 6.08 Å². The third-order valence-electron chi connectivity index (χ3n) is 7.98. The lowest BCUT2D eigenvalue weighted by Crippen LogP contribution is -2.60. The van der Waals surface area contributed by atoms with Crippen LogP contribution >= 0.6 is 39.1 Å². The Hall–Kier alpha value is -2.10. The fourth-order valence-corrected chi connectivity index (χ4v) is 7.83. The van der Waals surface area contributed by atoms with E-state index >= 15 is 0 Å². The Kier molecular flexibility index (Phi) is 5.77. The number of carbonyl (C=O) groups is 4. The van der Waals surface area contributed by atoms with Gasteiger partial charge in [-0.1, -0.05) is 39.7 Å². The van der Waals surface area contributed by atoms with Crippen molar-refractivity contribution in [3.63, 3.8) is 0 Å². The summed E-state index contributed by atoms with van der Waals surface area (Å²) in [4.78, 5) is 51.8. The summed E-state index contributed by atoms with van der Waals surface area (Å²) in [6.07, 6.45) is 2.02. The highest BCUT2D eigenvalue weighted by Gasteiger charge is 2.76. The van der Waals surface area contributed by atoms with E-state index in [0.717, 1.165) is 4.90 Å². The first-order valence-electron chi connectivity index (χ1n) is 11.3. The van der Waals surface area contributed by atoms with Crippen LogP contribution in [0.25, 0.3) is 0 Å². The number of para-hydroxylation sites is 1. The highest BCUT2D eigenvalue weighted by Crippen LogP contribution is 2.66. The second-order valence-corrected chi connectivity index (χ2v) is 11.0. The predicted octanol–water partition coefficient (Wildman–Crippen LogP) is 3.13. The van der Waals surface area contributed by atoms with Crippen LogP contribution in [0.2, 0.25) is 0 Å². The molecular weight excluding hydrogens is 563 g/mol. The molecule has 3 fully saturated rings. The minimum atomic E-state index is -1.96. The number of amides is 4. The van der Waals surface area contributed by atoms with Crippen LogP contribution in [-0.2, 0) is 19.2 Å². The Morgan fingerprint density at radius 2 is 1.83 bits per heavy atom. The lowest BCUT2D eigenvalue weighted by atomic mass is 9.56. The smallest absolute Gasteiger partial charge is 0.254 e. The molecule has 0 radical (unpaired) electrons. The first kappa shape index (κ1) is 24.6. The van der Waals surface area contributed by atoms with E-state index in [-0.39, 0.29) is 53.7 Å². The standard InChI is InChI=1S/C24H23BrCl2N2O6/c1-3-28-19(31)12-8-7-11-14(16(12)20(28)32)9-23(26)21(33)29(10-25)22(34)24(23,27)17(11)13-5-4-6-15(35-2)18(13)30/h4-7,12,14,16-17,30H,3,8-10H2,1-2H3. The van der Waals surface area contributed by atoms with E-state index in [4.69, 9.17) is 27.9 Å². The van der Waals surface area contributed by atoms with Gasteiger partial charge in [0, 0.05) is 18.0 Å². The van der Waals surface area contributed by atoms with E-state index in [1.54, 1.807) is 25.1 Å². The monoisotopic (exact) mass is 584 g/mol. The van der Waals surface area contributed by atoms with Crippen LogP contribution in [0.3, 0.4) is 0 Å². The lowest BCUT2D eigenvalue weighted by molar-refractivity contribution is -0.141. The average molecular weight is 586 g/mol. The lowest BCUT2D eigenvalue weighted by Gasteiger charge is -2.50. The molecule has 2 aliphatic heterocycles. The molecule has 1 N–H and O–H groups in total. The van der Waals surface area contributed by atoms with Crippen molar-refractivity contribution in [3.05, 3.63) is 35.4 Å². The highest BCUT2D eigenvalue weighted by molar-refractivity contribution is 9.09. The third-order valence-corrected chi connectivity index (χ3v) is 9.90. The fourth-order valence-electron chi connectivity index (χ4n) is 6.41. The van der Waals surface area contributed by atoms with Gasteiger partial charge in [0.2, 0.25) is 11.8 Å². The molecule has 0 bridgehead atoms. The number of allylic oxidation sites excluding steroid dienone is 2. The predicted molar refractivity (Wildman–Crippen MR) is 130 cm³/mol. The first-order valence-corrected chi connectivity index (χ1v) is 13.2. The second kappa shape index (κ2) is 8.21. The minimum Gasteiger partial charge on any atom is -0.504 e. The number of ether oxygens (including phenoxy) is 1. The van der Waals surface area contributed by atoms with Gasteiger partial charge in [0.15, 0.2) is 21.2 Å². The number of phenols is 1. The van der Waals surface area contributed by atoms with E-state index in [2.05, 4.69) is 15.9 Å². The molecule has 1 saturated carbocycles. The first-order chi connectivity index (χ1) is 16.6. The number of alkyl halides is 3. The number of hydrogen-bond donors (Lipinski definition) is 1. The van der Waals surface area contributed by atoms with Crippen molar-refractivity contribution in [2.45, 2.75) is 35.4 Å². The van der Waals surface area contributed by atoms with Crippen LogP contribution in [0.5, 0.6) is 11.5 Å². The molecule has 1 aromatic carbocycles. The van der Waals surface area contributed by atoms with Crippen molar-refractivity contribution in [1.82, 2.24) is 9.80 Å². The number of halogens is 3. The summed E-state index contributed by atoms with van der Waals surface area (Å²) in [6.45, 7) is 1.98. The number of phenolic OH excluding ortho intramolecular Hbond substituents is 1. The summed E-state index contributed by atoms with van der Waals surface area (Å²) >= 11 is 17.4. The molecule has 2 heterocycles. The number of likely N-dealkylation sites (tertiary alicyclic amines) is 2. The Morgan fingerprint density at radius 1 is 1.11 bits per heavy atom. The molecule has 4 amide bonds. The number of benzene rings is 1. The second-order valence-electron chi connectivity index (χ2n) is 9.31. The van der Waals surface area contributed by atoms with Gasteiger partial charge < -0.3 is 9.84 Å². The van der Waals surface area contributed by atoms with Gasteiger partial charge in [0.05, 0.1) is 24.4 Å². The highest BCUT2D eigenvalue weighted by atomic mass is 79.9. The van der Waals surface area contributed by atoms with Crippen molar-refractivity contribution in [2.24, 2.45) is 17.8 Å². The number of nitrogens with zero attached hydrogens (tertiary/aromatic N) is 2. The van der Waals surface area contributed by atoms with Gasteiger partial charge in [0.25, 0.3) is 11.8 Å². The average Bonchev–Trinajstić information content (AvgIpc) is 3.17. The maximum atomic E-state index is 13.7. The zero-order valence-corrected chi connectivity index (χ0v) is 22.1. The molecule has 4 aliphatic rings. The van der Waals surface area contributed by atoms with Gasteiger partial charge >= 0.3 is 0 Å². The van der Waals surface area contributed by atoms with Crippen LogP contribution in [0, 0.1) is 17.8 Å². The summed E-state index contributed by atoms with van der Waals surface area (Å²) in [6, 6.07) is 4.81. The molecule has 5 rings (SSSR count). The number of fused-ring (bicyclic) bond motifs is 4. The van der Waals surface area contributed by atoms with E-state index in [9.17, 15) is 24.3 Å². The molecule has 1 aromatic rings. The molecule has 35 heavy (non-hydrogen) atoms. The number of rotatable bonds is 4. The minimum absolute atomic E-state index is 0.0864. The Bertz CT molecular complexity index is 1210. The molecule has 8 nitrogen and oxygen atoms in total. The van der Waals surface area contributed by atoms with Gasteiger partial charge in [-0.2, -0.15) is 0 Å². The zero-order valence-electron chi connectivity index (χ0n) is 19.0. The molecule has 186 valence electrons. The Morgan fingerprint density at radius 3 is 2.46 bits per heavy atom. The van der Waals surface area contributed by atoms with Crippen molar-refractivity contribution in [1.29, 1.82) is 0 Å². The van der Waals surface area contributed by atoms with Gasteiger partial charge in [-0.3, -0.25) is 29.0 Å². The number of carbonyl (C=O) groups excluding carboxylic acids is 4. The quantitative estimate of drug-likeness (QED) is 0.252. The molecule has 11 heteroatoms. The van der Waals surface area contributed by atoms with Crippen molar-refractivity contribution >= 4 is 62.8 Å². The van der Waals surface area contributed by atoms with Crippen LogP contribution in [0.4, 0.5) is 0 Å².